The second kappa shape index (κ2) is 6.63. The van der Waals surface area contributed by atoms with E-state index in [2.05, 4.69) is 46.2 Å². The first-order valence-corrected chi connectivity index (χ1v) is 6.90. The van der Waals surface area contributed by atoms with Crippen molar-refractivity contribution in [3.05, 3.63) is 20.8 Å². The maximum atomic E-state index is 5.54. The number of rotatable bonds is 6. The van der Waals surface area contributed by atoms with Gasteiger partial charge in [-0.3, -0.25) is 0 Å². The highest BCUT2D eigenvalue weighted by Gasteiger charge is 2.07. The van der Waals surface area contributed by atoms with Gasteiger partial charge < -0.3 is 10.6 Å². The Labute approximate surface area is 105 Å². The lowest BCUT2D eigenvalue weighted by Gasteiger charge is -2.20. The molecule has 0 spiro atoms. The highest BCUT2D eigenvalue weighted by molar-refractivity contribution is 9.10. The Kier molecular flexibility index (Phi) is 5.82. The van der Waals surface area contributed by atoms with Gasteiger partial charge in [-0.2, -0.15) is 0 Å². The molecule has 1 rings (SSSR count). The van der Waals surface area contributed by atoms with Crippen LogP contribution >= 0.6 is 27.3 Å². The van der Waals surface area contributed by atoms with E-state index in [0.29, 0.717) is 5.92 Å². The van der Waals surface area contributed by atoms with Crippen LogP contribution in [-0.4, -0.2) is 25.0 Å². The summed E-state index contributed by atoms with van der Waals surface area (Å²) in [6, 6.07) is 2.19. The van der Waals surface area contributed by atoms with Crippen molar-refractivity contribution >= 4 is 27.3 Å². The molecule has 0 amide bonds. The molecule has 1 atom stereocenters. The summed E-state index contributed by atoms with van der Waals surface area (Å²) in [5, 5.41) is 2.13. The van der Waals surface area contributed by atoms with Crippen molar-refractivity contribution in [2.45, 2.75) is 19.9 Å². The van der Waals surface area contributed by atoms with Gasteiger partial charge in [0.15, 0.2) is 0 Å². The van der Waals surface area contributed by atoms with Gasteiger partial charge in [-0.05, 0) is 47.9 Å². The summed E-state index contributed by atoms with van der Waals surface area (Å²) in [5.41, 5.74) is 5.54. The molecule has 2 nitrogen and oxygen atoms in total. The molecule has 1 aromatic heterocycles. The lowest BCUT2D eigenvalue weighted by molar-refractivity contribution is 0.275. The average molecular weight is 291 g/mol. The number of thiophene rings is 1. The summed E-state index contributed by atoms with van der Waals surface area (Å²) in [4.78, 5) is 3.77. The average Bonchev–Trinajstić information content (AvgIpc) is 2.51. The van der Waals surface area contributed by atoms with Crippen LogP contribution in [0, 0.1) is 5.92 Å². The first-order chi connectivity index (χ1) is 7.11. The number of hydrogen-bond donors (Lipinski definition) is 1. The fourth-order valence-electron chi connectivity index (χ4n) is 1.68. The lowest BCUT2D eigenvalue weighted by atomic mass is 10.1. The van der Waals surface area contributed by atoms with Crippen molar-refractivity contribution in [2.75, 3.05) is 20.1 Å². The van der Waals surface area contributed by atoms with Gasteiger partial charge in [0, 0.05) is 27.8 Å². The third kappa shape index (κ3) is 5.11. The SMILES string of the molecule is CC(CCN)CN(C)Cc1cc(Br)cs1. The van der Waals surface area contributed by atoms with Gasteiger partial charge in [0.1, 0.15) is 0 Å². The van der Waals surface area contributed by atoms with Crippen LogP contribution in [0.15, 0.2) is 15.9 Å². The van der Waals surface area contributed by atoms with Crippen LogP contribution in [0.1, 0.15) is 18.2 Å². The fraction of sp³-hybridized carbons (Fsp3) is 0.636. The summed E-state index contributed by atoms with van der Waals surface area (Å²) in [5.74, 6) is 0.684. The molecule has 0 aliphatic heterocycles. The molecule has 0 saturated heterocycles. The van der Waals surface area contributed by atoms with Gasteiger partial charge in [0.05, 0.1) is 0 Å². The van der Waals surface area contributed by atoms with Gasteiger partial charge in [-0.1, -0.05) is 6.92 Å². The Hall–Kier alpha value is 0.1000. The molecule has 0 aromatic carbocycles. The van der Waals surface area contributed by atoms with Crippen molar-refractivity contribution in [1.82, 2.24) is 4.90 Å². The molecule has 0 aliphatic rings. The Balaban J connectivity index is 2.32. The molecule has 0 bridgehead atoms. The smallest absolute Gasteiger partial charge is 0.0325 e. The van der Waals surface area contributed by atoms with E-state index >= 15 is 0 Å². The Morgan fingerprint density at radius 2 is 2.33 bits per heavy atom. The molecule has 86 valence electrons. The highest BCUT2D eigenvalue weighted by atomic mass is 79.9. The zero-order valence-electron chi connectivity index (χ0n) is 9.37. The predicted molar refractivity (Wildman–Crippen MR) is 71.2 cm³/mol. The fourth-order valence-corrected chi connectivity index (χ4v) is 3.21. The van der Waals surface area contributed by atoms with Gasteiger partial charge in [0.25, 0.3) is 0 Å². The maximum absolute atomic E-state index is 5.54. The number of nitrogens with zero attached hydrogens (tertiary/aromatic N) is 1. The van der Waals surface area contributed by atoms with E-state index in [-0.39, 0.29) is 0 Å². The first kappa shape index (κ1) is 13.2. The van der Waals surface area contributed by atoms with Gasteiger partial charge in [-0.25, -0.2) is 0 Å². The molecule has 0 radical (unpaired) electrons. The van der Waals surface area contributed by atoms with Crippen LogP contribution in [0.3, 0.4) is 0 Å². The van der Waals surface area contributed by atoms with Crippen LogP contribution < -0.4 is 5.73 Å². The summed E-state index contributed by atoms with van der Waals surface area (Å²) in [6.45, 7) is 5.20. The summed E-state index contributed by atoms with van der Waals surface area (Å²) in [6.07, 6.45) is 1.11. The molecule has 2 N–H and O–H groups in total. The minimum atomic E-state index is 0.684. The van der Waals surface area contributed by atoms with E-state index in [1.807, 2.05) is 0 Å². The summed E-state index contributed by atoms with van der Waals surface area (Å²) in [7, 11) is 2.17. The van der Waals surface area contributed by atoms with E-state index in [4.69, 9.17) is 5.73 Å². The molecule has 4 heteroatoms. The van der Waals surface area contributed by atoms with Crippen molar-refractivity contribution < 1.29 is 0 Å². The molecular weight excluding hydrogens is 272 g/mol. The summed E-state index contributed by atoms with van der Waals surface area (Å²) >= 11 is 5.28. The first-order valence-electron chi connectivity index (χ1n) is 5.23. The van der Waals surface area contributed by atoms with Crippen molar-refractivity contribution in [2.24, 2.45) is 11.7 Å². The van der Waals surface area contributed by atoms with Crippen LogP contribution in [0.4, 0.5) is 0 Å². The second-order valence-electron chi connectivity index (χ2n) is 4.11. The van der Waals surface area contributed by atoms with E-state index in [1.54, 1.807) is 11.3 Å². The topological polar surface area (TPSA) is 29.3 Å². The lowest BCUT2D eigenvalue weighted by Crippen LogP contribution is -2.24. The Morgan fingerprint density at radius 3 is 2.87 bits per heavy atom. The van der Waals surface area contributed by atoms with Gasteiger partial charge in [0.2, 0.25) is 0 Å². The Bertz CT molecular complexity index is 288. The molecule has 1 aromatic rings. The minimum Gasteiger partial charge on any atom is -0.330 e. The number of nitrogens with two attached hydrogens (primary N) is 1. The highest BCUT2D eigenvalue weighted by Crippen LogP contribution is 2.21. The molecule has 0 aliphatic carbocycles. The Morgan fingerprint density at radius 1 is 1.60 bits per heavy atom. The van der Waals surface area contributed by atoms with E-state index in [1.165, 1.54) is 9.35 Å². The summed E-state index contributed by atoms with van der Waals surface area (Å²) < 4.78 is 1.19. The molecular formula is C11H19BrN2S. The predicted octanol–water partition coefficient (Wildman–Crippen LogP) is 2.93. The molecule has 1 unspecified atom stereocenters. The third-order valence-corrected chi connectivity index (χ3v) is 4.01. The largest absolute Gasteiger partial charge is 0.330 e. The quantitative estimate of drug-likeness (QED) is 0.873. The van der Waals surface area contributed by atoms with Crippen molar-refractivity contribution in [3.63, 3.8) is 0 Å². The molecule has 0 fully saturated rings. The van der Waals surface area contributed by atoms with E-state index < -0.39 is 0 Å². The zero-order valence-corrected chi connectivity index (χ0v) is 11.8. The van der Waals surface area contributed by atoms with E-state index in [0.717, 1.165) is 26.1 Å². The molecule has 0 saturated carbocycles. The standard InChI is InChI=1S/C11H19BrN2S/c1-9(3-4-13)6-14(2)7-11-5-10(12)8-15-11/h5,8-9H,3-4,6-7,13H2,1-2H3. The van der Waals surface area contributed by atoms with Crippen LogP contribution in [0.2, 0.25) is 0 Å². The van der Waals surface area contributed by atoms with Crippen molar-refractivity contribution in [1.29, 1.82) is 0 Å². The maximum Gasteiger partial charge on any atom is 0.0325 e. The van der Waals surface area contributed by atoms with Crippen LogP contribution in [-0.2, 0) is 6.54 Å². The van der Waals surface area contributed by atoms with Crippen LogP contribution in [0.25, 0.3) is 0 Å². The van der Waals surface area contributed by atoms with Crippen LogP contribution in [0.5, 0.6) is 0 Å². The molecule has 1 heterocycles. The monoisotopic (exact) mass is 290 g/mol. The number of halogens is 1. The second-order valence-corrected chi connectivity index (χ2v) is 6.02. The zero-order chi connectivity index (χ0) is 11.3. The third-order valence-electron chi connectivity index (χ3n) is 2.33. The minimum absolute atomic E-state index is 0.684. The number of hydrogen-bond acceptors (Lipinski definition) is 3. The van der Waals surface area contributed by atoms with Crippen molar-refractivity contribution in [3.8, 4) is 0 Å². The van der Waals surface area contributed by atoms with Gasteiger partial charge >= 0.3 is 0 Å². The molecule has 15 heavy (non-hydrogen) atoms. The van der Waals surface area contributed by atoms with Gasteiger partial charge in [-0.15, -0.1) is 11.3 Å². The van der Waals surface area contributed by atoms with E-state index in [9.17, 15) is 0 Å². The normalized spacial score (nSPS) is 13.4.